The maximum absolute atomic E-state index is 11.4. The highest BCUT2D eigenvalue weighted by Crippen LogP contribution is 2.30. The molecule has 23 heavy (non-hydrogen) atoms. The van der Waals surface area contributed by atoms with Crippen molar-refractivity contribution in [3.63, 3.8) is 0 Å². The molecule has 0 aromatic rings. The van der Waals surface area contributed by atoms with E-state index >= 15 is 0 Å². The van der Waals surface area contributed by atoms with E-state index in [1.807, 2.05) is 4.90 Å². The van der Waals surface area contributed by atoms with Gasteiger partial charge in [0.2, 0.25) is 5.91 Å². The first-order chi connectivity index (χ1) is 11.2. The van der Waals surface area contributed by atoms with E-state index in [0.29, 0.717) is 0 Å². The van der Waals surface area contributed by atoms with Gasteiger partial charge in [0.1, 0.15) is 0 Å². The highest BCUT2D eigenvalue weighted by molar-refractivity contribution is 5.73. The molecule has 0 bridgehead atoms. The van der Waals surface area contributed by atoms with Crippen molar-refractivity contribution < 1.29 is 4.79 Å². The Morgan fingerprint density at radius 3 is 2.00 bits per heavy atom. The fourth-order valence-electron chi connectivity index (χ4n) is 4.79. The topological polar surface area (TPSA) is 35.6 Å². The molecule has 132 valence electrons. The molecule has 3 saturated heterocycles. The van der Waals surface area contributed by atoms with Crippen LogP contribution in [0.5, 0.6) is 0 Å². The van der Waals surface area contributed by atoms with E-state index in [0.717, 1.165) is 30.8 Å². The number of carbonyl (C=O) groups excluding carboxylic acids is 1. The van der Waals surface area contributed by atoms with E-state index in [4.69, 9.17) is 0 Å². The molecule has 1 amide bonds. The zero-order valence-electron chi connectivity index (χ0n) is 14.9. The molecule has 3 aliphatic rings. The molecule has 1 N–H and O–H groups in total. The van der Waals surface area contributed by atoms with Gasteiger partial charge in [0, 0.05) is 26.6 Å². The van der Waals surface area contributed by atoms with Crippen molar-refractivity contribution in [1.82, 2.24) is 15.1 Å². The van der Waals surface area contributed by atoms with Crippen molar-refractivity contribution in [2.75, 3.05) is 45.8 Å². The average Bonchev–Trinajstić information content (AvgIpc) is 2.58. The van der Waals surface area contributed by atoms with Crippen LogP contribution < -0.4 is 5.32 Å². The van der Waals surface area contributed by atoms with E-state index in [1.54, 1.807) is 6.92 Å². The second-order valence-corrected chi connectivity index (χ2v) is 8.12. The minimum atomic E-state index is 0.259. The molecule has 3 aliphatic heterocycles. The zero-order valence-corrected chi connectivity index (χ0v) is 14.9. The van der Waals surface area contributed by atoms with Crippen molar-refractivity contribution in [3.8, 4) is 0 Å². The van der Waals surface area contributed by atoms with Gasteiger partial charge in [-0.25, -0.2) is 0 Å². The van der Waals surface area contributed by atoms with Crippen molar-refractivity contribution in [3.05, 3.63) is 0 Å². The molecular weight excluding hydrogens is 286 g/mol. The first kappa shape index (κ1) is 17.2. The number of nitrogens with one attached hydrogen (secondary N) is 1. The molecule has 0 atom stereocenters. The van der Waals surface area contributed by atoms with Gasteiger partial charge in [-0.2, -0.15) is 0 Å². The summed E-state index contributed by atoms with van der Waals surface area (Å²) < 4.78 is 0. The second-order valence-electron chi connectivity index (χ2n) is 8.12. The van der Waals surface area contributed by atoms with Crippen LogP contribution in [0.3, 0.4) is 0 Å². The summed E-state index contributed by atoms with van der Waals surface area (Å²) in [5.74, 6) is 3.00. The quantitative estimate of drug-likeness (QED) is 0.863. The summed E-state index contributed by atoms with van der Waals surface area (Å²) >= 11 is 0. The predicted octanol–water partition coefficient (Wildman–Crippen LogP) is 2.35. The van der Waals surface area contributed by atoms with Gasteiger partial charge in [0.15, 0.2) is 0 Å². The minimum absolute atomic E-state index is 0.259. The summed E-state index contributed by atoms with van der Waals surface area (Å²) in [6, 6.07) is 0. The smallest absolute Gasteiger partial charge is 0.219 e. The molecule has 3 fully saturated rings. The van der Waals surface area contributed by atoms with Gasteiger partial charge in [-0.15, -0.1) is 0 Å². The molecule has 0 aromatic carbocycles. The average molecular weight is 322 g/mol. The van der Waals surface area contributed by atoms with Crippen LogP contribution in [0.1, 0.15) is 51.9 Å². The number of rotatable bonds is 4. The molecule has 0 radical (unpaired) electrons. The Balaban J connectivity index is 1.32. The van der Waals surface area contributed by atoms with E-state index in [1.165, 1.54) is 77.7 Å². The molecule has 0 unspecified atom stereocenters. The van der Waals surface area contributed by atoms with Crippen LogP contribution in [0.25, 0.3) is 0 Å². The Morgan fingerprint density at radius 2 is 1.43 bits per heavy atom. The van der Waals surface area contributed by atoms with Crippen LogP contribution in [0, 0.1) is 17.8 Å². The van der Waals surface area contributed by atoms with Crippen LogP contribution in [0.15, 0.2) is 0 Å². The van der Waals surface area contributed by atoms with Crippen LogP contribution in [0.2, 0.25) is 0 Å². The molecule has 3 heterocycles. The maximum Gasteiger partial charge on any atom is 0.219 e. The lowest BCUT2D eigenvalue weighted by molar-refractivity contribution is -0.130. The summed E-state index contributed by atoms with van der Waals surface area (Å²) in [7, 11) is 0. The van der Waals surface area contributed by atoms with Crippen molar-refractivity contribution in [2.45, 2.75) is 51.9 Å². The number of hydrogen-bond donors (Lipinski definition) is 1. The van der Waals surface area contributed by atoms with Crippen LogP contribution >= 0.6 is 0 Å². The number of nitrogens with zero attached hydrogens (tertiary/aromatic N) is 2. The lowest BCUT2D eigenvalue weighted by Crippen LogP contribution is -2.41. The maximum atomic E-state index is 11.4. The predicted molar refractivity (Wildman–Crippen MR) is 94.4 cm³/mol. The van der Waals surface area contributed by atoms with Crippen molar-refractivity contribution in [1.29, 1.82) is 0 Å². The van der Waals surface area contributed by atoms with Gasteiger partial charge in [-0.3, -0.25) is 4.79 Å². The Morgan fingerprint density at radius 1 is 0.870 bits per heavy atom. The third kappa shape index (κ3) is 5.18. The summed E-state index contributed by atoms with van der Waals surface area (Å²) in [5.41, 5.74) is 0. The SMILES string of the molecule is CC(=O)N1CCC(CC2CCN(CC3CCNCC3)CC2)CC1. The molecule has 0 spiro atoms. The van der Waals surface area contributed by atoms with Gasteiger partial charge in [-0.1, -0.05) is 0 Å². The van der Waals surface area contributed by atoms with Crippen molar-refractivity contribution >= 4 is 5.91 Å². The first-order valence-electron chi connectivity index (χ1n) is 9.89. The number of likely N-dealkylation sites (tertiary alicyclic amines) is 2. The lowest BCUT2D eigenvalue weighted by Gasteiger charge is -2.38. The fraction of sp³-hybridized carbons (Fsp3) is 0.947. The third-order valence-electron chi connectivity index (χ3n) is 6.41. The highest BCUT2D eigenvalue weighted by atomic mass is 16.2. The Bertz CT molecular complexity index is 365. The molecule has 0 aliphatic carbocycles. The number of carbonyl (C=O) groups is 1. The largest absolute Gasteiger partial charge is 0.343 e. The Labute approximate surface area is 142 Å². The summed E-state index contributed by atoms with van der Waals surface area (Å²) in [4.78, 5) is 16.2. The molecule has 0 aromatic heterocycles. The summed E-state index contributed by atoms with van der Waals surface area (Å²) in [6.45, 7) is 10.1. The van der Waals surface area contributed by atoms with E-state index in [9.17, 15) is 4.79 Å². The lowest BCUT2D eigenvalue weighted by atomic mass is 9.82. The van der Waals surface area contributed by atoms with Gasteiger partial charge < -0.3 is 15.1 Å². The molecule has 4 heteroatoms. The summed E-state index contributed by atoms with van der Waals surface area (Å²) in [6.07, 6.45) is 9.41. The van der Waals surface area contributed by atoms with Gasteiger partial charge in [-0.05, 0) is 88.9 Å². The van der Waals surface area contributed by atoms with E-state index in [2.05, 4.69) is 10.2 Å². The van der Waals surface area contributed by atoms with Crippen LogP contribution in [-0.2, 0) is 4.79 Å². The first-order valence-corrected chi connectivity index (χ1v) is 9.89. The standard InChI is InChI=1S/C19H35N3O/c1-16(23)22-12-6-18(7-13-22)14-17-4-10-21(11-5-17)15-19-2-8-20-9-3-19/h17-20H,2-15H2,1H3. The highest BCUT2D eigenvalue weighted by Gasteiger charge is 2.27. The van der Waals surface area contributed by atoms with Gasteiger partial charge in [0.05, 0.1) is 0 Å². The zero-order chi connectivity index (χ0) is 16.1. The van der Waals surface area contributed by atoms with Gasteiger partial charge >= 0.3 is 0 Å². The summed E-state index contributed by atoms with van der Waals surface area (Å²) in [5, 5.41) is 3.47. The van der Waals surface area contributed by atoms with Crippen LogP contribution in [-0.4, -0.2) is 61.5 Å². The van der Waals surface area contributed by atoms with E-state index in [-0.39, 0.29) is 5.91 Å². The molecular formula is C19H35N3O. The number of amides is 1. The Hall–Kier alpha value is -0.610. The number of hydrogen-bond acceptors (Lipinski definition) is 3. The minimum Gasteiger partial charge on any atom is -0.343 e. The van der Waals surface area contributed by atoms with Gasteiger partial charge in [0.25, 0.3) is 0 Å². The molecule has 3 rings (SSSR count). The van der Waals surface area contributed by atoms with Crippen molar-refractivity contribution in [2.24, 2.45) is 17.8 Å². The van der Waals surface area contributed by atoms with E-state index < -0.39 is 0 Å². The monoisotopic (exact) mass is 321 g/mol. The van der Waals surface area contributed by atoms with Crippen LogP contribution in [0.4, 0.5) is 0 Å². The fourth-order valence-corrected chi connectivity index (χ4v) is 4.79. The molecule has 0 saturated carbocycles. The second kappa shape index (κ2) is 8.48. The number of piperidine rings is 3. The third-order valence-corrected chi connectivity index (χ3v) is 6.41. The normalized spacial score (nSPS) is 26.6. The Kier molecular flexibility index (Phi) is 6.35. The molecule has 4 nitrogen and oxygen atoms in total.